The average molecular weight is 362 g/mol. The average Bonchev–Trinajstić information content (AvgIpc) is 2.55. The van der Waals surface area contributed by atoms with Crippen LogP contribution in [0.2, 0.25) is 0 Å². The van der Waals surface area contributed by atoms with Crippen molar-refractivity contribution in [3.8, 4) is 0 Å². The number of amides is 2. The number of carbonyl (C=O) groups excluding carboxylic acids is 2. The molecule has 0 heterocycles. The molecule has 0 aliphatic rings. The molecule has 2 amide bonds. The van der Waals surface area contributed by atoms with Gasteiger partial charge in [0, 0.05) is 24.6 Å². The second kappa shape index (κ2) is 14.1. The maximum atomic E-state index is 11.8. The summed E-state index contributed by atoms with van der Waals surface area (Å²) in [5.74, 6) is -1.24. The van der Waals surface area contributed by atoms with Crippen molar-refractivity contribution in [1.82, 2.24) is 10.6 Å². The number of carboxylic acid groups (broad SMARTS) is 1. The second-order valence-electron chi connectivity index (χ2n) is 5.93. The maximum absolute atomic E-state index is 11.8. The highest BCUT2D eigenvalue weighted by molar-refractivity contribution is 7.80. The highest BCUT2D eigenvalue weighted by atomic mass is 32.1. The summed E-state index contributed by atoms with van der Waals surface area (Å²) in [4.78, 5) is 34.2. The normalized spacial score (nSPS) is 13.1. The number of thiol groups is 1. The van der Waals surface area contributed by atoms with Crippen LogP contribution >= 0.6 is 12.6 Å². The topological polar surface area (TPSA) is 122 Å². The Morgan fingerprint density at radius 2 is 1.83 bits per heavy atom. The number of carbonyl (C=O) groups is 3. The van der Waals surface area contributed by atoms with Gasteiger partial charge in [0.1, 0.15) is 6.04 Å². The van der Waals surface area contributed by atoms with Crippen LogP contribution < -0.4 is 16.4 Å². The van der Waals surface area contributed by atoms with Crippen molar-refractivity contribution < 1.29 is 19.5 Å². The minimum atomic E-state index is -1.08. The van der Waals surface area contributed by atoms with E-state index in [1.807, 2.05) is 6.92 Å². The summed E-state index contributed by atoms with van der Waals surface area (Å²) in [6.45, 7) is 3.16. The summed E-state index contributed by atoms with van der Waals surface area (Å²) in [7, 11) is 0. The molecule has 0 aromatic carbocycles. The van der Waals surface area contributed by atoms with Crippen LogP contribution in [0.5, 0.6) is 0 Å². The van der Waals surface area contributed by atoms with Crippen molar-refractivity contribution in [3.05, 3.63) is 0 Å². The Balaban J connectivity index is 3.67. The van der Waals surface area contributed by atoms with Crippen molar-refractivity contribution in [2.24, 2.45) is 11.7 Å². The van der Waals surface area contributed by atoms with Gasteiger partial charge in [-0.05, 0) is 32.2 Å². The molecule has 0 spiro atoms. The quantitative estimate of drug-likeness (QED) is 0.233. The number of unbranched alkanes of at least 4 members (excludes halogenated alkanes) is 3. The molecule has 0 saturated carbocycles. The molecule has 24 heavy (non-hydrogen) atoms. The fourth-order valence-electron chi connectivity index (χ4n) is 2.15. The Morgan fingerprint density at radius 3 is 2.42 bits per heavy atom. The van der Waals surface area contributed by atoms with Gasteiger partial charge in [0.2, 0.25) is 11.8 Å². The second-order valence-corrected chi connectivity index (χ2v) is 6.29. The van der Waals surface area contributed by atoms with Crippen molar-refractivity contribution in [1.29, 1.82) is 0 Å². The van der Waals surface area contributed by atoms with Gasteiger partial charge in [0.15, 0.2) is 0 Å². The van der Waals surface area contributed by atoms with Crippen LogP contribution in [0.4, 0.5) is 0 Å². The van der Waals surface area contributed by atoms with Crippen molar-refractivity contribution >= 4 is 30.4 Å². The molecule has 0 aromatic rings. The van der Waals surface area contributed by atoms with E-state index in [4.69, 9.17) is 10.8 Å². The molecule has 7 nitrogen and oxygen atoms in total. The molecular formula is C16H31N3O4S. The van der Waals surface area contributed by atoms with Gasteiger partial charge in [-0.2, -0.15) is 12.6 Å². The number of carboxylic acids is 1. The zero-order valence-corrected chi connectivity index (χ0v) is 15.3. The van der Waals surface area contributed by atoms with Crippen LogP contribution in [0, 0.1) is 5.92 Å². The fourth-order valence-corrected chi connectivity index (χ4v) is 2.40. The minimum Gasteiger partial charge on any atom is -0.480 e. The van der Waals surface area contributed by atoms with Gasteiger partial charge < -0.3 is 21.5 Å². The van der Waals surface area contributed by atoms with E-state index >= 15 is 0 Å². The lowest BCUT2D eigenvalue weighted by atomic mass is 10.0. The molecular weight excluding hydrogens is 330 g/mol. The largest absolute Gasteiger partial charge is 0.480 e. The molecule has 0 aliphatic carbocycles. The first-order valence-corrected chi connectivity index (χ1v) is 9.16. The van der Waals surface area contributed by atoms with E-state index in [0.717, 1.165) is 32.1 Å². The van der Waals surface area contributed by atoms with Crippen molar-refractivity contribution in [3.63, 3.8) is 0 Å². The Hall–Kier alpha value is -1.28. The molecule has 140 valence electrons. The zero-order valence-electron chi connectivity index (χ0n) is 14.4. The van der Waals surface area contributed by atoms with E-state index in [9.17, 15) is 14.4 Å². The van der Waals surface area contributed by atoms with Gasteiger partial charge >= 0.3 is 5.97 Å². The lowest BCUT2D eigenvalue weighted by molar-refractivity contribution is -0.141. The lowest BCUT2D eigenvalue weighted by Crippen LogP contribution is -2.42. The molecule has 2 atom stereocenters. The molecule has 5 N–H and O–H groups in total. The first kappa shape index (κ1) is 22.7. The monoisotopic (exact) mass is 361 g/mol. The summed E-state index contributed by atoms with van der Waals surface area (Å²) >= 11 is 3.89. The fraction of sp³-hybridized carbons (Fsp3) is 0.812. The van der Waals surface area contributed by atoms with Crippen molar-refractivity contribution in [2.45, 2.75) is 57.9 Å². The van der Waals surface area contributed by atoms with E-state index in [0.29, 0.717) is 19.5 Å². The zero-order chi connectivity index (χ0) is 18.4. The van der Waals surface area contributed by atoms with Gasteiger partial charge in [-0.3, -0.25) is 9.59 Å². The highest BCUT2D eigenvalue weighted by Crippen LogP contribution is 2.07. The molecule has 0 radical (unpaired) electrons. The summed E-state index contributed by atoms with van der Waals surface area (Å²) in [5, 5.41) is 14.1. The number of aliphatic carboxylic acids is 1. The number of nitrogens with two attached hydrogens (primary N) is 1. The van der Waals surface area contributed by atoms with Crippen LogP contribution in [0.3, 0.4) is 0 Å². The number of nitrogens with one attached hydrogen (secondary N) is 2. The van der Waals surface area contributed by atoms with Crippen molar-refractivity contribution in [2.75, 3.05) is 18.8 Å². The molecule has 0 unspecified atom stereocenters. The Bertz CT molecular complexity index is 394. The minimum absolute atomic E-state index is 0.00323. The molecule has 0 saturated heterocycles. The Kier molecular flexibility index (Phi) is 13.3. The van der Waals surface area contributed by atoms with Gasteiger partial charge in [0.25, 0.3) is 0 Å². The molecule has 0 fully saturated rings. The van der Waals surface area contributed by atoms with Gasteiger partial charge in [-0.15, -0.1) is 0 Å². The molecule has 0 rings (SSSR count). The van der Waals surface area contributed by atoms with E-state index in [1.54, 1.807) is 0 Å². The van der Waals surface area contributed by atoms with Gasteiger partial charge in [-0.1, -0.05) is 19.8 Å². The first-order valence-electron chi connectivity index (χ1n) is 8.53. The van der Waals surface area contributed by atoms with Crippen LogP contribution in [0.25, 0.3) is 0 Å². The van der Waals surface area contributed by atoms with Crippen LogP contribution in [-0.2, 0) is 14.4 Å². The molecule has 0 aromatic heterocycles. The standard InChI is InChI=1S/C16H31N3O4S/c1-12(7-4-5-9-17)15(21)18-10-6-2-3-8-14(20)19-13(11-24)16(22)23/h12-13,24H,2-11,17H2,1H3,(H,18,21)(H,19,20)(H,22,23)/t12-,13-/m0/s1. The third-order valence-electron chi connectivity index (χ3n) is 3.73. The third kappa shape index (κ3) is 11.3. The summed E-state index contributed by atoms with van der Waals surface area (Å²) < 4.78 is 0. The van der Waals surface area contributed by atoms with E-state index in [1.165, 1.54) is 0 Å². The van der Waals surface area contributed by atoms with Gasteiger partial charge in [-0.25, -0.2) is 4.79 Å². The Labute approximate surface area is 149 Å². The molecule has 8 heteroatoms. The number of hydrogen-bond donors (Lipinski definition) is 5. The van der Waals surface area contributed by atoms with E-state index < -0.39 is 12.0 Å². The predicted molar refractivity (Wildman–Crippen MR) is 97.0 cm³/mol. The third-order valence-corrected chi connectivity index (χ3v) is 4.10. The first-order chi connectivity index (χ1) is 11.4. The molecule has 0 bridgehead atoms. The smallest absolute Gasteiger partial charge is 0.327 e. The summed E-state index contributed by atoms with van der Waals surface area (Å²) in [6.07, 6.45) is 5.28. The Morgan fingerprint density at radius 1 is 1.12 bits per heavy atom. The number of rotatable bonds is 14. The highest BCUT2D eigenvalue weighted by Gasteiger charge is 2.17. The SMILES string of the molecule is C[C@@H](CCCCN)C(=O)NCCCCCC(=O)N[C@@H](CS)C(=O)O. The van der Waals surface area contributed by atoms with Crippen LogP contribution in [-0.4, -0.2) is 47.8 Å². The van der Waals surface area contributed by atoms with E-state index in [-0.39, 0.29) is 29.9 Å². The summed E-state index contributed by atoms with van der Waals surface area (Å²) in [6, 6.07) is -0.944. The lowest BCUT2D eigenvalue weighted by Gasteiger charge is -2.12. The van der Waals surface area contributed by atoms with E-state index in [2.05, 4.69) is 23.3 Å². The number of hydrogen-bond acceptors (Lipinski definition) is 5. The maximum Gasteiger partial charge on any atom is 0.327 e. The molecule has 0 aliphatic heterocycles. The predicted octanol–water partition coefficient (Wildman–Crippen LogP) is 0.927. The summed E-state index contributed by atoms with van der Waals surface area (Å²) in [5.41, 5.74) is 5.43. The van der Waals surface area contributed by atoms with Gasteiger partial charge in [0.05, 0.1) is 0 Å². The van der Waals surface area contributed by atoms with Crippen LogP contribution in [0.15, 0.2) is 0 Å². The van der Waals surface area contributed by atoms with Crippen LogP contribution in [0.1, 0.15) is 51.9 Å².